The van der Waals surface area contributed by atoms with E-state index in [0.29, 0.717) is 6.61 Å². The van der Waals surface area contributed by atoms with Gasteiger partial charge in [-0.05, 0) is 50.4 Å². The third-order valence-electron chi connectivity index (χ3n) is 3.20. The molecule has 0 saturated heterocycles. The first-order chi connectivity index (χ1) is 8.69. The van der Waals surface area contributed by atoms with Crippen LogP contribution in [0.1, 0.15) is 30.4 Å². The van der Waals surface area contributed by atoms with Crippen molar-refractivity contribution >= 4 is 5.69 Å². The summed E-state index contributed by atoms with van der Waals surface area (Å²) in [6.45, 7) is 4.44. The minimum Gasteiger partial charge on any atom is -0.396 e. The van der Waals surface area contributed by atoms with Gasteiger partial charge in [0.05, 0.1) is 0 Å². The standard InChI is InChI=1S/C15H26N2O/c1-13-11-14(12-16-2)7-8-15(13)17(3)9-5-4-6-10-18/h7-8,11,16,18H,4-6,9-10,12H2,1-3H3. The van der Waals surface area contributed by atoms with E-state index in [1.54, 1.807) is 0 Å². The summed E-state index contributed by atoms with van der Waals surface area (Å²) in [6, 6.07) is 6.63. The molecule has 0 bridgehead atoms. The molecule has 1 aromatic rings. The summed E-state index contributed by atoms with van der Waals surface area (Å²) in [5.41, 5.74) is 3.96. The SMILES string of the molecule is CNCc1ccc(N(C)CCCCCO)c(C)c1. The van der Waals surface area contributed by atoms with Gasteiger partial charge >= 0.3 is 0 Å². The number of rotatable bonds is 8. The Morgan fingerprint density at radius 2 is 2.00 bits per heavy atom. The fourth-order valence-electron chi connectivity index (χ4n) is 2.22. The van der Waals surface area contributed by atoms with Crippen molar-refractivity contribution in [2.24, 2.45) is 0 Å². The topological polar surface area (TPSA) is 35.5 Å². The highest BCUT2D eigenvalue weighted by Gasteiger charge is 2.05. The second-order valence-electron chi connectivity index (χ2n) is 4.86. The zero-order chi connectivity index (χ0) is 13.4. The summed E-state index contributed by atoms with van der Waals surface area (Å²) in [6.07, 6.45) is 3.14. The molecule has 102 valence electrons. The predicted molar refractivity (Wildman–Crippen MR) is 78.1 cm³/mol. The maximum Gasteiger partial charge on any atom is 0.0431 e. The molecular formula is C15H26N2O. The molecule has 0 aliphatic heterocycles. The zero-order valence-corrected chi connectivity index (χ0v) is 11.9. The van der Waals surface area contributed by atoms with Crippen molar-refractivity contribution in [3.8, 4) is 0 Å². The van der Waals surface area contributed by atoms with Gasteiger partial charge in [0.15, 0.2) is 0 Å². The van der Waals surface area contributed by atoms with Gasteiger partial charge in [-0.3, -0.25) is 0 Å². The summed E-state index contributed by atoms with van der Waals surface area (Å²) >= 11 is 0. The van der Waals surface area contributed by atoms with Crippen LogP contribution in [0.3, 0.4) is 0 Å². The van der Waals surface area contributed by atoms with E-state index in [2.05, 4.69) is 42.4 Å². The maximum atomic E-state index is 8.75. The summed E-state index contributed by atoms with van der Waals surface area (Å²) in [5.74, 6) is 0. The highest BCUT2D eigenvalue weighted by Crippen LogP contribution is 2.20. The van der Waals surface area contributed by atoms with Gasteiger partial charge in [0.25, 0.3) is 0 Å². The number of benzene rings is 1. The number of aliphatic hydroxyl groups excluding tert-OH is 1. The Hall–Kier alpha value is -1.06. The van der Waals surface area contributed by atoms with Crippen molar-refractivity contribution in [1.29, 1.82) is 0 Å². The molecular weight excluding hydrogens is 224 g/mol. The van der Waals surface area contributed by atoms with Crippen LogP contribution >= 0.6 is 0 Å². The average molecular weight is 250 g/mol. The Morgan fingerprint density at radius 1 is 1.22 bits per heavy atom. The molecule has 3 nitrogen and oxygen atoms in total. The molecule has 0 fully saturated rings. The molecule has 1 rings (SSSR count). The van der Waals surface area contributed by atoms with Gasteiger partial charge < -0.3 is 15.3 Å². The van der Waals surface area contributed by atoms with Crippen LogP contribution in [0, 0.1) is 6.92 Å². The van der Waals surface area contributed by atoms with E-state index in [0.717, 1.165) is 32.4 Å². The maximum absolute atomic E-state index is 8.75. The zero-order valence-electron chi connectivity index (χ0n) is 11.9. The van der Waals surface area contributed by atoms with E-state index in [9.17, 15) is 0 Å². The Bertz CT molecular complexity index is 352. The first-order valence-electron chi connectivity index (χ1n) is 6.75. The van der Waals surface area contributed by atoms with Crippen LogP contribution in [0.2, 0.25) is 0 Å². The third kappa shape index (κ3) is 4.67. The monoisotopic (exact) mass is 250 g/mol. The number of anilines is 1. The number of aliphatic hydroxyl groups is 1. The molecule has 0 aliphatic carbocycles. The average Bonchev–Trinajstić information content (AvgIpc) is 2.35. The number of hydrogen-bond donors (Lipinski definition) is 2. The third-order valence-corrected chi connectivity index (χ3v) is 3.20. The lowest BCUT2D eigenvalue weighted by Gasteiger charge is -2.22. The molecule has 18 heavy (non-hydrogen) atoms. The van der Waals surface area contributed by atoms with Gasteiger partial charge in [0.2, 0.25) is 0 Å². The van der Waals surface area contributed by atoms with Gasteiger partial charge in [-0.2, -0.15) is 0 Å². The molecule has 0 radical (unpaired) electrons. The van der Waals surface area contributed by atoms with E-state index in [-0.39, 0.29) is 0 Å². The van der Waals surface area contributed by atoms with Gasteiger partial charge in [-0.15, -0.1) is 0 Å². The fourth-order valence-corrected chi connectivity index (χ4v) is 2.22. The lowest BCUT2D eigenvalue weighted by atomic mass is 10.1. The van der Waals surface area contributed by atoms with Crippen LogP contribution in [0.4, 0.5) is 5.69 Å². The van der Waals surface area contributed by atoms with Crippen molar-refractivity contribution < 1.29 is 5.11 Å². The van der Waals surface area contributed by atoms with Crippen molar-refractivity contribution in [1.82, 2.24) is 5.32 Å². The number of nitrogens with one attached hydrogen (secondary N) is 1. The van der Waals surface area contributed by atoms with Crippen molar-refractivity contribution in [3.63, 3.8) is 0 Å². The van der Waals surface area contributed by atoms with Crippen LogP contribution in [0.25, 0.3) is 0 Å². The molecule has 0 heterocycles. The molecule has 0 aliphatic rings. The van der Waals surface area contributed by atoms with E-state index >= 15 is 0 Å². The highest BCUT2D eigenvalue weighted by molar-refractivity contribution is 5.53. The van der Waals surface area contributed by atoms with Gasteiger partial charge in [0, 0.05) is 32.4 Å². The van der Waals surface area contributed by atoms with Crippen LogP contribution in [0.5, 0.6) is 0 Å². The Balaban J connectivity index is 2.54. The van der Waals surface area contributed by atoms with Crippen LogP contribution in [0.15, 0.2) is 18.2 Å². The number of aryl methyl sites for hydroxylation is 1. The Labute approximate surface area is 111 Å². The Kier molecular flexibility index (Phi) is 6.76. The van der Waals surface area contributed by atoms with Gasteiger partial charge in [-0.1, -0.05) is 12.1 Å². The minimum absolute atomic E-state index is 0.307. The second-order valence-corrected chi connectivity index (χ2v) is 4.86. The smallest absolute Gasteiger partial charge is 0.0431 e. The lowest BCUT2D eigenvalue weighted by molar-refractivity contribution is 0.283. The summed E-state index contributed by atoms with van der Waals surface area (Å²) in [5, 5.41) is 11.9. The molecule has 0 atom stereocenters. The first-order valence-corrected chi connectivity index (χ1v) is 6.75. The predicted octanol–water partition coefficient (Wildman–Crippen LogP) is 2.31. The molecule has 0 spiro atoms. The molecule has 0 amide bonds. The van der Waals surface area contributed by atoms with E-state index < -0.39 is 0 Å². The number of hydrogen-bond acceptors (Lipinski definition) is 3. The van der Waals surface area contributed by atoms with Crippen molar-refractivity contribution in [2.45, 2.75) is 32.7 Å². The van der Waals surface area contributed by atoms with E-state index in [1.165, 1.54) is 16.8 Å². The molecule has 1 aromatic carbocycles. The van der Waals surface area contributed by atoms with Crippen molar-refractivity contribution in [3.05, 3.63) is 29.3 Å². The van der Waals surface area contributed by atoms with Gasteiger partial charge in [0.1, 0.15) is 0 Å². The second kappa shape index (κ2) is 8.11. The lowest BCUT2D eigenvalue weighted by Crippen LogP contribution is -2.19. The van der Waals surface area contributed by atoms with Crippen LogP contribution in [-0.2, 0) is 6.54 Å². The minimum atomic E-state index is 0.307. The molecule has 3 heteroatoms. The number of nitrogens with zero attached hydrogens (tertiary/aromatic N) is 1. The Morgan fingerprint density at radius 3 is 2.61 bits per heavy atom. The van der Waals surface area contributed by atoms with E-state index in [1.807, 2.05) is 7.05 Å². The highest BCUT2D eigenvalue weighted by atomic mass is 16.2. The normalized spacial score (nSPS) is 10.7. The summed E-state index contributed by atoms with van der Waals surface area (Å²) < 4.78 is 0. The van der Waals surface area contributed by atoms with E-state index in [4.69, 9.17) is 5.11 Å². The van der Waals surface area contributed by atoms with Crippen LogP contribution in [-0.4, -0.2) is 32.4 Å². The largest absolute Gasteiger partial charge is 0.396 e. The molecule has 2 N–H and O–H groups in total. The summed E-state index contributed by atoms with van der Waals surface area (Å²) in [7, 11) is 4.11. The molecule has 0 saturated carbocycles. The fraction of sp³-hybridized carbons (Fsp3) is 0.600. The van der Waals surface area contributed by atoms with Crippen molar-refractivity contribution in [2.75, 3.05) is 32.1 Å². The number of unbranched alkanes of at least 4 members (excludes halogenated alkanes) is 2. The quantitative estimate of drug-likeness (QED) is 0.695. The molecule has 0 unspecified atom stereocenters. The first kappa shape index (κ1) is 15.0. The molecule has 0 aromatic heterocycles. The van der Waals surface area contributed by atoms with Gasteiger partial charge in [-0.25, -0.2) is 0 Å². The van der Waals surface area contributed by atoms with Crippen LogP contribution < -0.4 is 10.2 Å². The summed E-state index contributed by atoms with van der Waals surface area (Å²) in [4.78, 5) is 2.30.